The second kappa shape index (κ2) is 13.1. The lowest BCUT2D eigenvalue weighted by molar-refractivity contribution is 0.564. The molecule has 0 fully saturated rings. The molecule has 7 aromatic rings. The van der Waals surface area contributed by atoms with E-state index in [1.807, 2.05) is 0 Å². The van der Waals surface area contributed by atoms with Crippen LogP contribution in [0.5, 0.6) is 0 Å². The number of para-hydroxylation sites is 3. The van der Waals surface area contributed by atoms with Crippen molar-refractivity contribution in [1.29, 1.82) is 0 Å². The van der Waals surface area contributed by atoms with Gasteiger partial charge < -0.3 is 9.80 Å². The Kier molecular flexibility index (Phi) is 8.32. The number of anilines is 6. The molecular weight excluding hydrogens is 617 g/mol. The zero-order valence-corrected chi connectivity index (χ0v) is 29.9. The van der Waals surface area contributed by atoms with Gasteiger partial charge in [-0.15, -0.1) is 0 Å². The van der Waals surface area contributed by atoms with Crippen LogP contribution < -0.4 is 9.80 Å². The van der Waals surface area contributed by atoms with Crippen molar-refractivity contribution in [2.75, 3.05) is 9.80 Å². The van der Waals surface area contributed by atoms with Gasteiger partial charge in [-0.3, -0.25) is 0 Å². The molecule has 0 N–H and O–H groups in total. The quantitative estimate of drug-likeness (QED) is 0.152. The van der Waals surface area contributed by atoms with E-state index in [0.29, 0.717) is 0 Å². The maximum absolute atomic E-state index is 2.40. The van der Waals surface area contributed by atoms with Gasteiger partial charge in [0.25, 0.3) is 0 Å². The Bertz CT molecular complexity index is 2220. The summed E-state index contributed by atoms with van der Waals surface area (Å²) in [5.74, 6) is 0. The largest absolute Gasteiger partial charge is 0.311 e. The van der Waals surface area contributed by atoms with E-state index in [1.54, 1.807) is 0 Å². The summed E-state index contributed by atoms with van der Waals surface area (Å²) >= 11 is 0. The molecule has 1 aliphatic carbocycles. The van der Waals surface area contributed by atoms with Gasteiger partial charge >= 0.3 is 0 Å². The summed E-state index contributed by atoms with van der Waals surface area (Å²) in [7, 11) is 0. The van der Waals surface area contributed by atoms with Crippen molar-refractivity contribution in [2.45, 2.75) is 44.9 Å². The second-order valence-electron chi connectivity index (χ2n) is 14.4. The molecule has 0 saturated carbocycles. The molecule has 1 aliphatic rings. The van der Waals surface area contributed by atoms with Gasteiger partial charge in [0.2, 0.25) is 0 Å². The Hall–Kier alpha value is -5.86. The van der Waals surface area contributed by atoms with E-state index in [-0.39, 0.29) is 10.8 Å². The van der Waals surface area contributed by atoms with Gasteiger partial charge in [-0.05, 0) is 113 Å². The molecule has 0 radical (unpaired) electrons. The number of hydrogen-bond acceptors (Lipinski definition) is 2. The number of rotatable bonds is 9. The van der Waals surface area contributed by atoms with Crippen LogP contribution in [0.2, 0.25) is 0 Å². The van der Waals surface area contributed by atoms with Crippen LogP contribution in [0.3, 0.4) is 0 Å². The number of nitrogens with zero attached hydrogens (tertiary/aromatic N) is 2. The van der Waals surface area contributed by atoms with E-state index >= 15 is 0 Å². The molecule has 0 aliphatic heterocycles. The Morgan fingerprint density at radius 2 is 0.784 bits per heavy atom. The van der Waals surface area contributed by atoms with Crippen LogP contribution in [-0.4, -0.2) is 0 Å². The van der Waals surface area contributed by atoms with Gasteiger partial charge in [-0.2, -0.15) is 0 Å². The van der Waals surface area contributed by atoms with Crippen LogP contribution in [0.25, 0.3) is 11.1 Å². The van der Waals surface area contributed by atoms with Crippen molar-refractivity contribution in [1.82, 2.24) is 0 Å². The highest BCUT2D eigenvalue weighted by atomic mass is 15.1. The molecule has 2 heteroatoms. The van der Waals surface area contributed by atoms with Crippen molar-refractivity contribution in [2.24, 2.45) is 0 Å². The van der Waals surface area contributed by atoms with Gasteiger partial charge in [-0.25, -0.2) is 0 Å². The van der Waals surface area contributed by atoms with Crippen LogP contribution in [-0.2, 0) is 10.8 Å². The molecule has 0 spiro atoms. The van der Waals surface area contributed by atoms with Crippen LogP contribution in [0, 0.1) is 0 Å². The fraction of sp³-hybridized carbons (Fsp3) is 0.143. The fourth-order valence-electron chi connectivity index (χ4n) is 7.95. The molecule has 0 amide bonds. The number of fused-ring (bicyclic) bond motifs is 3. The van der Waals surface area contributed by atoms with E-state index in [4.69, 9.17) is 0 Å². The average Bonchev–Trinajstić information content (AvgIpc) is 3.44. The lowest BCUT2D eigenvalue weighted by Gasteiger charge is -2.30. The maximum atomic E-state index is 2.40. The topological polar surface area (TPSA) is 6.48 Å². The SMILES string of the molecule is CCC1(C)c2ccccc2-c2cc(N(c3ccccc3)c3ccc(C(C)(C)c4ccc(N(c5ccccc5)c5ccccc5)cc4)cc3)ccc21. The first-order valence-electron chi connectivity index (χ1n) is 18.1. The summed E-state index contributed by atoms with van der Waals surface area (Å²) in [6.45, 7) is 9.34. The van der Waals surface area contributed by atoms with E-state index in [0.717, 1.165) is 34.9 Å². The Morgan fingerprint density at radius 1 is 0.412 bits per heavy atom. The van der Waals surface area contributed by atoms with Gasteiger partial charge in [0.15, 0.2) is 0 Å². The van der Waals surface area contributed by atoms with Crippen molar-refractivity contribution in [3.05, 3.63) is 204 Å². The summed E-state index contributed by atoms with van der Waals surface area (Å²) in [5, 5.41) is 0. The third-order valence-electron chi connectivity index (χ3n) is 11.1. The molecule has 1 unspecified atom stereocenters. The maximum Gasteiger partial charge on any atom is 0.0468 e. The molecule has 1 atom stereocenters. The summed E-state index contributed by atoms with van der Waals surface area (Å²) in [6.07, 6.45) is 1.07. The highest BCUT2D eigenvalue weighted by Gasteiger charge is 2.38. The second-order valence-corrected chi connectivity index (χ2v) is 14.4. The minimum Gasteiger partial charge on any atom is -0.311 e. The molecule has 0 saturated heterocycles. The van der Waals surface area contributed by atoms with Gasteiger partial charge in [0, 0.05) is 45.0 Å². The molecule has 7 aromatic carbocycles. The highest BCUT2D eigenvalue weighted by molar-refractivity contribution is 5.86. The lowest BCUT2D eigenvalue weighted by atomic mass is 9.78. The predicted octanol–water partition coefficient (Wildman–Crippen LogP) is 13.6. The summed E-state index contributed by atoms with van der Waals surface area (Å²) < 4.78 is 0. The predicted molar refractivity (Wildman–Crippen MR) is 217 cm³/mol. The molecule has 0 bridgehead atoms. The third kappa shape index (κ3) is 5.71. The lowest BCUT2D eigenvalue weighted by Crippen LogP contribution is -2.20. The number of hydrogen-bond donors (Lipinski definition) is 0. The molecule has 51 heavy (non-hydrogen) atoms. The van der Waals surface area contributed by atoms with Gasteiger partial charge in [0.1, 0.15) is 0 Å². The van der Waals surface area contributed by atoms with Crippen molar-refractivity contribution < 1.29 is 0 Å². The monoisotopic (exact) mass is 660 g/mol. The summed E-state index contributed by atoms with van der Waals surface area (Å²) in [5.41, 5.74) is 14.8. The van der Waals surface area contributed by atoms with E-state index in [1.165, 1.54) is 39.1 Å². The molecule has 8 rings (SSSR count). The first-order valence-corrected chi connectivity index (χ1v) is 18.1. The Labute approximate surface area is 303 Å². The summed E-state index contributed by atoms with van der Waals surface area (Å²) in [6, 6.07) is 66.1. The Morgan fingerprint density at radius 3 is 1.25 bits per heavy atom. The van der Waals surface area contributed by atoms with Gasteiger partial charge in [0.05, 0.1) is 0 Å². The highest BCUT2D eigenvalue weighted by Crippen LogP contribution is 2.52. The van der Waals surface area contributed by atoms with Crippen LogP contribution in [0.1, 0.15) is 56.4 Å². The van der Waals surface area contributed by atoms with E-state index < -0.39 is 0 Å². The van der Waals surface area contributed by atoms with Gasteiger partial charge in [-0.1, -0.05) is 137 Å². The third-order valence-corrected chi connectivity index (χ3v) is 11.1. The zero-order chi connectivity index (χ0) is 35.0. The molecular formula is C49H44N2. The van der Waals surface area contributed by atoms with Crippen LogP contribution in [0.4, 0.5) is 34.1 Å². The standard InChI is InChI=1S/C49H44N2/c1-5-49(4)46-24-16-15-23-44(46)45-35-43(33-34-47(45)49)51(40-21-13-8-14-22-40)42-31-27-37(28-32-42)48(2,3)36-25-29-41(30-26-36)50(38-17-9-6-10-18-38)39-19-11-7-12-20-39/h6-35H,5H2,1-4H3. The van der Waals surface area contributed by atoms with Crippen LogP contribution in [0.15, 0.2) is 182 Å². The van der Waals surface area contributed by atoms with Crippen molar-refractivity contribution in [3.63, 3.8) is 0 Å². The summed E-state index contributed by atoms with van der Waals surface area (Å²) in [4.78, 5) is 4.70. The van der Waals surface area contributed by atoms with Crippen LogP contribution >= 0.6 is 0 Å². The van der Waals surface area contributed by atoms with Crippen molar-refractivity contribution in [3.8, 4) is 11.1 Å². The average molecular weight is 661 g/mol. The molecule has 2 nitrogen and oxygen atoms in total. The Balaban J connectivity index is 1.13. The minimum atomic E-state index is -0.194. The van der Waals surface area contributed by atoms with E-state index in [9.17, 15) is 0 Å². The minimum absolute atomic E-state index is 0.0227. The normalized spacial score (nSPS) is 14.8. The molecule has 250 valence electrons. The molecule has 0 heterocycles. The van der Waals surface area contributed by atoms with E-state index in [2.05, 4.69) is 219 Å². The van der Waals surface area contributed by atoms with Crippen molar-refractivity contribution >= 4 is 34.1 Å². The zero-order valence-electron chi connectivity index (χ0n) is 29.9. The first kappa shape index (κ1) is 32.4. The molecule has 0 aromatic heterocycles. The number of benzene rings is 7. The fourth-order valence-corrected chi connectivity index (χ4v) is 7.95. The smallest absolute Gasteiger partial charge is 0.0468 e. The first-order chi connectivity index (χ1) is 24.9.